The molecular formula is C21H23ClFNO2. The number of hydrogen-bond acceptors (Lipinski definition) is 2. The summed E-state index contributed by atoms with van der Waals surface area (Å²) in [6.45, 7) is 0. The monoisotopic (exact) mass is 375 g/mol. The maximum Gasteiger partial charge on any atom is 0.224 e. The zero-order chi connectivity index (χ0) is 18.5. The molecule has 5 heteroatoms. The molecule has 0 unspecified atom stereocenters. The molecule has 0 heterocycles. The Morgan fingerprint density at radius 2 is 1.85 bits per heavy atom. The minimum atomic E-state index is -0.524. The average molecular weight is 376 g/mol. The van der Waals surface area contributed by atoms with Crippen molar-refractivity contribution >= 4 is 23.2 Å². The molecule has 1 aliphatic carbocycles. The summed E-state index contributed by atoms with van der Waals surface area (Å²) >= 11 is 5.66. The van der Waals surface area contributed by atoms with Crippen molar-refractivity contribution in [2.75, 3.05) is 12.4 Å². The highest BCUT2D eigenvalue weighted by Crippen LogP contribution is 2.37. The van der Waals surface area contributed by atoms with Crippen LogP contribution in [0.3, 0.4) is 0 Å². The van der Waals surface area contributed by atoms with Gasteiger partial charge in [-0.1, -0.05) is 23.7 Å². The standard InChI is InChI=1S/C21H23ClFNO2/c1-26-18-9-6-16(7-10-18)15-4-2-14(3-5-15)12-21(25)24-17-8-11-19(22)20(23)13-17/h6-11,13-15H,2-5,12H2,1H3,(H,24,25)/t14-,15+. The smallest absolute Gasteiger partial charge is 0.224 e. The molecule has 0 aliphatic heterocycles. The third kappa shape index (κ3) is 4.76. The SMILES string of the molecule is COc1ccc([C@H]2CC[C@@H](CC(=O)Nc3ccc(Cl)c(F)c3)CC2)cc1. The van der Waals surface area contributed by atoms with Crippen LogP contribution in [-0.2, 0) is 4.79 Å². The fourth-order valence-corrected chi connectivity index (χ4v) is 3.74. The van der Waals surface area contributed by atoms with Crippen molar-refractivity contribution in [3.63, 3.8) is 0 Å². The third-order valence-electron chi connectivity index (χ3n) is 5.11. The Balaban J connectivity index is 1.48. The summed E-state index contributed by atoms with van der Waals surface area (Å²) in [5.41, 5.74) is 1.79. The van der Waals surface area contributed by atoms with Gasteiger partial charge < -0.3 is 10.1 Å². The van der Waals surface area contributed by atoms with Gasteiger partial charge in [0.05, 0.1) is 12.1 Å². The Hall–Kier alpha value is -2.07. The summed E-state index contributed by atoms with van der Waals surface area (Å²) in [5.74, 6) is 1.20. The van der Waals surface area contributed by atoms with Gasteiger partial charge in [0.25, 0.3) is 0 Å². The summed E-state index contributed by atoms with van der Waals surface area (Å²) in [7, 11) is 1.67. The molecule has 1 aliphatic rings. The number of ether oxygens (including phenoxy) is 1. The number of rotatable bonds is 5. The molecule has 138 valence electrons. The first-order valence-electron chi connectivity index (χ1n) is 8.94. The van der Waals surface area contributed by atoms with Crippen molar-refractivity contribution in [1.82, 2.24) is 0 Å². The summed E-state index contributed by atoms with van der Waals surface area (Å²) in [4.78, 5) is 12.2. The van der Waals surface area contributed by atoms with Crippen molar-refractivity contribution in [1.29, 1.82) is 0 Å². The molecule has 2 aromatic carbocycles. The number of hydrogen-bond donors (Lipinski definition) is 1. The molecule has 0 radical (unpaired) electrons. The van der Waals surface area contributed by atoms with Crippen molar-refractivity contribution < 1.29 is 13.9 Å². The lowest BCUT2D eigenvalue weighted by Gasteiger charge is -2.28. The Bertz CT molecular complexity index is 755. The topological polar surface area (TPSA) is 38.3 Å². The number of methoxy groups -OCH3 is 1. The van der Waals surface area contributed by atoms with Gasteiger partial charge in [0.2, 0.25) is 5.91 Å². The predicted octanol–water partition coefficient (Wildman–Crippen LogP) is 5.79. The number of nitrogens with one attached hydrogen (secondary N) is 1. The fourth-order valence-electron chi connectivity index (χ4n) is 3.62. The molecule has 0 spiro atoms. The minimum Gasteiger partial charge on any atom is -0.497 e. The molecule has 1 saturated carbocycles. The number of carbonyl (C=O) groups is 1. The first-order valence-corrected chi connectivity index (χ1v) is 9.32. The van der Waals surface area contributed by atoms with Crippen LogP contribution in [0, 0.1) is 11.7 Å². The van der Waals surface area contributed by atoms with Gasteiger partial charge in [-0.2, -0.15) is 0 Å². The Labute approximate surface area is 158 Å². The lowest BCUT2D eigenvalue weighted by Crippen LogP contribution is -2.20. The van der Waals surface area contributed by atoms with E-state index in [2.05, 4.69) is 17.4 Å². The highest BCUT2D eigenvalue weighted by atomic mass is 35.5. The largest absolute Gasteiger partial charge is 0.497 e. The number of halogens is 2. The number of carbonyl (C=O) groups excluding carboxylic acids is 1. The van der Waals surface area contributed by atoms with E-state index in [1.807, 2.05) is 12.1 Å². The fraction of sp³-hybridized carbons (Fsp3) is 0.381. The van der Waals surface area contributed by atoms with Crippen LogP contribution in [0.25, 0.3) is 0 Å². The van der Waals surface area contributed by atoms with Crippen LogP contribution in [0.1, 0.15) is 43.6 Å². The Kier molecular flexibility index (Phi) is 6.15. The average Bonchev–Trinajstić information content (AvgIpc) is 2.65. The van der Waals surface area contributed by atoms with E-state index >= 15 is 0 Å². The van der Waals surface area contributed by atoms with Gasteiger partial charge in [-0.05, 0) is 73.4 Å². The van der Waals surface area contributed by atoms with Gasteiger partial charge in [-0.25, -0.2) is 4.39 Å². The van der Waals surface area contributed by atoms with Gasteiger partial charge in [0.1, 0.15) is 11.6 Å². The first-order chi connectivity index (χ1) is 12.5. The molecule has 3 nitrogen and oxygen atoms in total. The Morgan fingerprint density at radius 1 is 1.15 bits per heavy atom. The molecule has 0 bridgehead atoms. The van der Waals surface area contributed by atoms with Crippen molar-refractivity contribution in [2.45, 2.75) is 38.0 Å². The molecule has 0 atom stereocenters. The zero-order valence-electron chi connectivity index (χ0n) is 14.8. The summed E-state index contributed by atoms with van der Waals surface area (Å²) in [5, 5.41) is 2.82. The van der Waals surface area contributed by atoms with Gasteiger partial charge in [0.15, 0.2) is 0 Å². The Morgan fingerprint density at radius 3 is 2.46 bits per heavy atom. The summed E-state index contributed by atoms with van der Waals surface area (Å²) < 4.78 is 18.7. The highest BCUT2D eigenvalue weighted by Gasteiger charge is 2.24. The minimum absolute atomic E-state index is 0.0554. The number of anilines is 1. The van der Waals surface area contributed by atoms with Crippen LogP contribution < -0.4 is 10.1 Å². The van der Waals surface area contributed by atoms with E-state index in [4.69, 9.17) is 16.3 Å². The second-order valence-electron chi connectivity index (χ2n) is 6.87. The van der Waals surface area contributed by atoms with E-state index in [0.29, 0.717) is 23.9 Å². The van der Waals surface area contributed by atoms with Crippen LogP contribution in [0.4, 0.5) is 10.1 Å². The molecule has 1 fully saturated rings. The lowest BCUT2D eigenvalue weighted by atomic mass is 9.77. The van der Waals surface area contributed by atoms with Crippen molar-refractivity contribution in [3.8, 4) is 5.75 Å². The van der Waals surface area contributed by atoms with Crippen LogP contribution in [0.15, 0.2) is 42.5 Å². The summed E-state index contributed by atoms with van der Waals surface area (Å²) in [6, 6.07) is 12.6. The van der Waals surface area contributed by atoms with Gasteiger partial charge in [-0.15, -0.1) is 0 Å². The van der Waals surface area contributed by atoms with Gasteiger partial charge >= 0.3 is 0 Å². The van der Waals surface area contributed by atoms with E-state index in [-0.39, 0.29) is 10.9 Å². The second-order valence-corrected chi connectivity index (χ2v) is 7.28. The predicted molar refractivity (Wildman–Crippen MR) is 102 cm³/mol. The molecule has 1 N–H and O–H groups in total. The molecule has 26 heavy (non-hydrogen) atoms. The second kappa shape index (κ2) is 8.54. The molecule has 1 amide bonds. The third-order valence-corrected chi connectivity index (χ3v) is 5.42. The number of amides is 1. The molecule has 3 rings (SSSR count). The van der Waals surface area contributed by atoms with Gasteiger partial charge in [-0.3, -0.25) is 4.79 Å². The van der Waals surface area contributed by atoms with E-state index in [9.17, 15) is 9.18 Å². The normalized spacial score (nSPS) is 19.8. The van der Waals surface area contributed by atoms with E-state index in [0.717, 1.165) is 31.4 Å². The van der Waals surface area contributed by atoms with E-state index < -0.39 is 5.82 Å². The van der Waals surface area contributed by atoms with Crippen LogP contribution in [0.5, 0.6) is 5.75 Å². The maximum atomic E-state index is 13.4. The summed E-state index contributed by atoms with van der Waals surface area (Å²) in [6.07, 6.45) is 4.69. The molecule has 0 aromatic heterocycles. The van der Waals surface area contributed by atoms with Gasteiger partial charge in [0, 0.05) is 12.1 Å². The first kappa shape index (κ1) is 18.7. The molecule has 2 aromatic rings. The maximum absolute atomic E-state index is 13.4. The van der Waals surface area contributed by atoms with Crippen LogP contribution >= 0.6 is 11.6 Å². The highest BCUT2D eigenvalue weighted by molar-refractivity contribution is 6.30. The number of benzene rings is 2. The van der Waals surface area contributed by atoms with Crippen molar-refractivity contribution in [3.05, 3.63) is 58.9 Å². The van der Waals surface area contributed by atoms with E-state index in [1.165, 1.54) is 17.7 Å². The van der Waals surface area contributed by atoms with Crippen molar-refractivity contribution in [2.24, 2.45) is 5.92 Å². The lowest BCUT2D eigenvalue weighted by molar-refractivity contribution is -0.117. The molecular weight excluding hydrogens is 353 g/mol. The van der Waals surface area contributed by atoms with Crippen LogP contribution in [0.2, 0.25) is 5.02 Å². The van der Waals surface area contributed by atoms with E-state index in [1.54, 1.807) is 13.2 Å². The molecule has 0 saturated heterocycles. The quantitative estimate of drug-likeness (QED) is 0.718. The van der Waals surface area contributed by atoms with Crippen LogP contribution in [-0.4, -0.2) is 13.0 Å². The zero-order valence-corrected chi connectivity index (χ0v) is 15.6.